The van der Waals surface area contributed by atoms with E-state index in [-0.39, 0.29) is 5.91 Å². The summed E-state index contributed by atoms with van der Waals surface area (Å²) in [6, 6.07) is 3.47. The Morgan fingerprint density at radius 3 is 3.00 bits per heavy atom. The van der Waals surface area contributed by atoms with Gasteiger partial charge in [-0.25, -0.2) is 0 Å². The lowest BCUT2D eigenvalue weighted by atomic mass is 10.2. The summed E-state index contributed by atoms with van der Waals surface area (Å²) in [4.78, 5) is 11.8. The number of hydrogen-bond donors (Lipinski definition) is 2. The second-order valence-electron chi connectivity index (χ2n) is 4.18. The molecule has 0 bridgehead atoms. The fraction of sp³-hybridized carbons (Fsp3) is 0.385. The maximum atomic E-state index is 11.8. The third-order valence-electron chi connectivity index (χ3n) is 2.74. The molecule has 0 atom stereocenters. The molecule has 18 heavy (non-hydrogen) atoms. The van der Waals surface area contributed by atoms with Gasteiger partial charge in [-0.2, -0.15) is 5.10 Å². The van der Waals surface area contributed by atoms with Crippen molar-refractivity contribution in [1.82, 2.24) is 15.5 Å². The molecule has 0 saturated heterocycles. The van der Waals surface area contributed by atoms with Crippen LogP contribution in [0.2, 0.25) is 0 Å². The summed E-state index contributed by atoms with van der Waals surface area (Å²) >= 11 is 0. The van der Waals surface area contributed by atoms with Crippen molar-refractivity contribution in [2.75, 3.05) is 6.54 Å². The lowest BCUT2D eigenvalue weighted by Gasteiger charge is -2.00. The molecular weight excluding hydrogens is 230 g/mol. The minimum atomic E-state index is -0.171. The van der Waals surface area contributed by atoms with E-state index in [1.54, 1.807) is 18.3 Å². The first-order valence-electron chi connectivity index (χ1n) is 6.10. The zero-order valence-electron chi connectivity index (χ0n) is 10.6. The number of amides is 1. The molecule has 0 saturated carbocycles. The summed E-state index contributed by atoms with van der Waals surface area (Å²) in [5, 5.41) is 9.58. The van der Waals surface area contributed by atoms with E-state index in [1.807, 2.05) is 6.92 Å². The van der Waals surface area contributed by atoms with E-state index in [2.05, 4.69) is 22.4 Å². The average molecular weight is 247 g/mol. The Balaban J connectivity index is 2.06. The fourth-order valence-electron chi connectivity index (χ4n) is 1.67. The fourth-order valence-corrected chi connectivity index (χ4v) is 1.67. The molecule has 0 unspecified atom stereocenters. The Hall–Kier alpha value is -2.04. The van der Waals surface area contributed by atoms with Gasteiger partial charge in [0.05, 0.1) is 11.8 Å². The number of aryl methyl sites for hydroxylation is 1. The smallest absolute Gasteiger partial charge is 0.287 e. The van der Waals surface area contributed by atoms with E-state index in [4.69, 9.17) is 4.42 Å². The number of aromatic amines is 1. The number of carbonyl (C=O) groups excluding carboxylic acids is 1. The molecule has 2 N–H and O–H groups in total. The quantitative estimate of drug-likeness (QED) is 0.797. The summed E-state index contributed by atoms with van der Waals surface area (Å²) in [5.74, 6) is 0.819. The molecule has 0 aliphatic rings. The van der Waals surface area contributed by atoms with Crippen LogP contribution in [0.1, 0.15) is 36.0 Å². The SMILES string of the molecule is CCCCNC(=O)c1ccc(-c2cn[nH]c2C)o1. The molecule has 0 fully saturated rings. The molecule has 0 radical (unpaired) electrons. The van der Waals surface area contributed by atoms with Gasteiger partial charge >= 0.3 is 0 Å². The number of unbranched alkanes of at least 4 members (excludes halogenated alkanes) is 1. The largest absolute Gasteiger partial charge is 0.451 e. The number of H-pyrrole nitrogens is 1. The standard InChI is InChI=1S/C13H17N3O2/c1-3-4-7-14-13(17)12-6-5-11(18-12)10-8-15-16-9(10)2/h5-6,8H,3-4,7H2,1-2H3,(H,14,17)(H,15,16). The number of furan rings is 1. The molecule has 2 rings (SSSR count). The molecule has 0 aliphatic carbocycles. The van der Waals surface area contributed by atoms with E-state index in [0.717, 1.165) is 24.1 Å². The molecule has 0 aliphatic heterocycles. The van der Waals surface area contributed by atoms with Gasteiger partial charge in [0.1, 0.15) is 5.76 Å². The van der Waals surface area contributed by atoms with Crippen molar-refractivity contribution in [3.05, 3.63) is 29.8 Å². The van der Waals surface area contributed by atoms with Crippen molar-refractivity contribution in [3.63, 3.8) is 0 Å². The van der Waals surface area contributed by atoms with Crippen LogP contribution in [-0.2, 0) is 0 Å². The number of hydrogen-bond acceptors (Lipinski definition) is 3. The summed E-state index contributed by atoms with van der Waals surface area (Å²) in [5.41, 5.74) is 1.80. The van der Waals surface area contributed by atoms with Gasteiger partial charge in [0, 0.05) is 12.2 Å². The predicted molar refractivity (Wildman–Crippen MR) is 68.3 cm³/mol. The van der Waals surface area contributed by atoms with Crippen molar-refractivity contribution in [3.8, 4) is 11.3 Å². The Morgan fingerprint density at radius 1 is 1.50 bits per heavy atom. The third-order valence-corrected chi connectivity index (χ3v) is 2.74. The van der Waals surface area contributed by atoms with Crippen LogP contribution in [0, 0.1) is 6.92 Å². The van der Waals surface area contributed by atoms with Gasteiger partial charge in [-0.3, -0.25) is 9.89 Å². The predicted octanol–water partition coefficient (Wildman–Crippen LogP) is 2.51. The van der Waals surface area contributed by atoms with Gasteiger partial charge in [0.15, 0.2) is 5.76 Å². The summed E-state index contributed by atoms with van der Waals surface area (Å²) < 4.78 is 5.53. The second kappa shape index (κ2) is 5.53. The minimum absolute atomic E-state index is 0.171. The van der Waals surface area contributed by atoms with Gasteiger partial charge in [0.2, 0.25) is 0 Å². The van der Waals surface area contributed by atoms with E-state index < -0.39 is 0 Å². The van der Waals surface area contributed by atoms with Crippen molar-refractivity contribution in [2.24, 2.45) is 0 Å². The molecule has 5 nitrogen and oxygen atoms in total. The van der Waals surface area contributed by atoms with Crippen LogP contribution < -0.4 is 5.32 Å². The molecule has 0 aromatic carbocycles. The van der Waals surface area contributed by atoms with Crippen LogP contribution in [-0.4, -0.2) is 22.6 Å². The van der Waals surface area contributed by atoms with E-state index in [1.165, 1.54) is 0 Å². The highest BCUT2D eigenvalue weighted by Crippen LogP contribution is 2.23. The highest BCUT2D eigenvalue weighted by molar-refractivity contribution is 5.92. The summed E-state index contributed by atoms with van der Waals surface area (Å²) in [6.07, 6.45) is 3.71. The number of nitrogens with zero attached hydrogens (tertiary/aromatic N) is 1. The number of nitrogens with one attached hydrogen (secondary N) is 2. The number of aromatic nitrogens is 2. The van der Waals surface area contributed by atoms with Gasteiger partial charge < -0.3 is 9.73 Å². The lowest BCUT2D eigenvalue weighted by Crippen LogP contribution is -2.23. The van der Waals surface area contributed by atoms with Crippen molar-refractivity contribution < 1.29 is 9.21 Å². The first kappa shape index (κ1) is 12.4. The minimum Gasteiger partial charge on any atom is -0.451 e. The van der Waals surface area contributed by atoms with Crippen LogP contribution in [0.4, 0.5) is 0 Å². The van der Waals surface area contributed by atoms with Gasteiger partial charge in [0.25, 0.3) is 5.91 Å². The van der Waals surface area contributed by atoms with E-state index in [0.29, 0.717) is 18.1 Å². The van der Waals surface area contributed by atoms with Crippen LogP contribution in [0.3, 0.4) is 0 Å². The first-order chi connectivity index (χ1) is 8.72. The van der Waals surface area contributed by atoms with E-state index in [9.17, 15) is 4.79 Å². The molecule has 0 spiro atoms. The van der Waals surface area contributed by atoms with Crippen molar-refractivity contribution >= 4 is 5.91 Å². The number of rotatable bonds is 5. The van der Waals surface area contributed by atoms with Gasteiger partial charge in [-0.1, -0.05) is 13.3 Å². The normalized spacial score (nSPS) is 10.6. The van der Waals surface area contributed by atoms with Crippen LogP contribution in [0.15, 0.2) is 22.7 Å². The molecular formula is C13H17N3O2. The van der Waals surface area contributed by atoms with E-state index >= 15 is 0 Å². The molecule has 2 heterocycles. The highest BCUT2D eigenvalue weighted by atomic mass is 16.3. The Morgan fingerprint density at radius 2 is 2.33 bits per heavy atom. The zero-order valence-corrected chi connectivity index (χ0v) is 10.6. The zero-order chi connectivity index (χ0) is 13.0. The van der Waals surface area contributed by atoms with Gasteiger partial charge in [-0.05, 0) is 25.5 Å². The molecule has 1 amide bonds. The van der Waals surface area contributed by atoms with Crippen molar-refractivity contribution in [1.29, 1.82) is 0 Å². The monoisotopic (exact) mass is 247 g/mol. The maximum Gasteiger partial charge on any atom is 0.287 e. The molecule has 96 valence electrons. The van der Waals surface area contributed by atoms with Crippen LogP contribution in [0.25, 0.3) is 11.3 Å². The van der Waals surface area contributed by atoms with Crippen molar-refractivity contribution in [2.45, 2.75) is 26.7 Å². The maximum absolute atomic E-state index is 11.8. The van der Waals surface area contributed by atoms with Gasteiger partial charge in [-0.15, -0.1) is 0 Å². The first-order valence-corrected chi connectivity index (χ1v) is 6.10. The highest BCUT2D eigenvalue weighted by Gasteiger charge is 2.13. The van der Waals surface area contributed by atoms with Crippen LogP contribution in [0.5, 0.6) is 0 Å². The molecule has 2 aromatic rings. The summed E-state index contributed by atoms with van der Waals surface area (Å²) in [7, 11) is 0. The Kier molecular flexibility index (Phi) is 3.82. The molecule has 2 aromatic heterocycles. The number of carbonyl (C=O) groups is 1. The Labute approximate surface area is 106 Å². The topological polar surface area (TPSA) is 70.9 Å². The Bertz CT molecular complexity index is 528. The lowest BCUT2D eigenvalue weighted by molar-refractivity contribution is 0.0926. The second-order valence-corrected chi connectivity index (χ2v) is 4.18. The summed E-state index contributed by atoms with van der Waals surface area (Å²) in [6.45, 7) is 4.67. The van der Waals surface area contributed by atoms with Crippen LogP contribution >= 0.6 is 0 Å². The average Bonchev–Trinajstić information content (AvgIpc) is 2.97. The third kappa shape index (κ3) is 2.61. The molecule has 5 heteroatoms.